The molecule has 0 saturated carbocycles. The van der Waals surface area contributed by atoms with E-state index in [1.54, 1.807) is 0 Å². The first kappa shape index (κ1) is 33.2. The van der Waals surface area contributed by atoms with Gasteiger partial charge in [0.1, 0.15) is 11.5 Å². The summed E-state index contributed by atoms with van der Waals surface area (Å²) >= 11 is 0. The van der Waals surface area contributed by atoms with Crippen molar-refractivity contribution in [1.82, 2.24) is 0 Å². The van der Waals surface area contributed by atoms with Crippen molar-refractivity contribution in [3.8, 4) is 67.1 Å². The Kier molecular flexibility index (Phi) is 7.55. The summed E-state index contributed by atoms with van der Waals surface area (Å²) in [6.45, 7) is 4.69. The summed E-state index contributed by atoms with van der Waals surface area (Å²) in [6, 6.07) is 72.5. The number of hydrogen-bond acceptors (Lipinski definition) is 2. The Hall–Kier alpha value is -7.16. The van der Waals surface area contributed by atoms with Gasteiger partial charge in [0.05, 0.1) is 0 Å². The van der Waals surface area contributed by atoms with Crippen molar-refractivity contribution in [2.75, 3.05) is 4.90 Å². The van der Waals surface area contributed by atoms with E-state index in [1.807, 2.05) is 0 Å². The summed E-state index contributed by atoms with van der Waals surface area (Å²) in [4.78, 5) is 2.39. The molecule has 0 bridgehead atoms. The first-order chi connectivity index (χ1) is 28.0. The van der Waals surface area contributed by atoms with Crippen molar-refractivity contribution >= 4 is 27.8 Å². The van der Waals surface area contributed by atoms with Crippen LogP contribution >= 0.6 is 0 Å². The van der Waals surface area contributed by atoms with Gasteiger partial charge in [0.15, 0.2) is 0 Å². The second-order valence-corrected chi connectivity index (χ2v) is 15.7. The van der Waals surface area contributed by atoms with Crippen molar-refractivity contribution in [2.45, 2.75) is 19.3 Å². The van der Waals surface area contributed by atoms with Crippen LogP contribution in [0.25, 0.3) is 66.4 Å². The van der Waals surface area contributed by atoms with Crippen LogP contribution in [0.3, 0.4) is 0 Å². The molecule has 11 rings (SSSR count). The maximum absolute atomic E-state index is 6.83. The van der Waals surface area contributed by atoms with Crippen molar-refractivity contribution in [2.24, 2.45) is 0 Å². The molecule has 0 unspecified atom stereocenters. The van der Waals surface area contributed by atoms with Gasteiger partial charge in [-0.25, -0.2) is 0 Å². The zero-order valence-corrected chi connectivity index (χ0v) is 31.9. The molecule has 0 atom stereocenters. The van der Waals surface area contributed by atoms with Gasteiger partial charge in [0.25, 0.3) is 0 Å². The third-order valence-electron chi connectivity index (χ3n) is 12.1. The minimum atomic E-state index is -0.100. The molecule has 0 spiro atoms. The van der Waals surface area contributed by atoms with Crippen LogP contribution < -0.4 is 9.64 Å². The minimum Gasteiger partial charge on any atom is -0.455 e. The van der Waals surface area contributed by atoms with Crippen LogP contribution in [0.15, 0.2) is 200 Å². The topological polar surface area (TPSA) is 12.5 Å². The number of nitrogens with zero attached hydrogens (tertiary/aromatic N) is 1. The van der Waals surface area contributed by atoms with Gasteiger partial charge in [-0.1, -0.05) is 159 Å². The molecular formula is C55H39NO. The zero-order valence-electron chi connectivity index (χ0n) is 31.9. The number of fused-ring (bicyclic) bond motifs is 10. The molecule has 0 saturated heterocycles. The van der Waals surface area contributed by atoms with Crippen LogP contribution in [0.4, 0.5) is 17.1 Å². The molecule has 0 radical (unpaired) electrons. The van der Waals surface area contributed by atoms with Gasteiger partial charge in [-0.3, -0.25) is 0 Å². The van der Waals surface area contributed by atoms with E-state index in [0.29, 0.717) is 0 Å². The van der Waals surface area contributed by atoms with E-state index < -0.39 is 0 Å². The van der Waals surface area contributed by atoms with Crippen LogP contribution in [-0.4, -0.2) is 0 Å². The van der Waals surface area contributed by atoms with Crippen LogP contribution in [0.2, 0.25) is 0 Å². The van der Waals surface area contributed by atoms with Crippen molar-refractivity contribution in [1.29, 1.82) is 0 Å². The lowest BCUT2D eigenvalue weighted by Crippen LogP contribution is -2.16. The van der Waals surface area contributed by atoms with Crippen LogP contribution in [0, 0.1) is 0 Å². The fraction of sp³-hybridized carbons (Fsp3) is 0.0545. The number of anilines is 3. The Labute approximate surface area is 333 Å². The van der Waals surface area contributed by atoms with Crippen molar-refractivity contribution in [3.63, 3.8) is 0 Å². The number of benzene rings is 9. The molecule has 57 heavy (non-hydrogen) atoms. The third-order valence-corrected chi connectivity index (χ3v) is 12.1. The Morgan fingerprint density at radius 1 is 0.368 bits per heavy atom. The van der Waals surface area contributed by atoms with Crippen LogP contribution in [0.5, 0.6) is 11.5 Å². The zero-order chi connectivity index (χ0) is 38.1. The Morgan fingerprint density at radius 2 is 0.912 bits per heavy atom. The molecule has 0 aromatic heterocycles. The van der Waals surface area contributed by atoms with E-state index in [0.717, 1.165) is 56.2 Å². The van der Waals surface area contributed by atoms with E-state index >= 15 is 0 Å². The molecule has 9 aromatic rings. The lowest BCUT2D eigenvalue weighted by Gasteiger charge is -2.28. The number of hydrogen-bond donors (Lipinski definition) is 0. The van der Waals surface area contributed by atoms with Crippen molar-refractivity contribution in [3.05, 3.63) is 211 Å². The van der Waals surface area contributed by atoms with Gasteiger partial charge in [0, 0.05) is 39.0 Å². The largest absolute Gasteiger partial charge is 0.455 e. The van der Waals surface area contributed by atoms with E-state index in [-0.39, 0.29) is 5.41 Å². The summed E-state index contributed by atoms with van der Waals surface area (Å²) in [7, 11) is 0. The normalized spacial score (nSPS) is 13.0. The monoisotopic (exact) mass is 729 g/mol. The molecule has 1 aliphatic heterocycles. The molecule has 9 aromatic carbocycles. The van der Waals surface area contributed by atoms with Gasteiger partial charge >= 0.3 is 0 Å². The molecule has 0 amide bonds. The fourth-order valence-electron chi connectivity index (χ4n) is 9.15. The molecular weight excluding hydrogens is 691 g/mol. The highest BCUT2D eigenvalue weighted by molar-refractivity contribution is 6.01. The second kappa shape index (κ2) is 13.0. The molecule has 0 N–H and O–H groups in total. The number of ether oxygens (including phenoxy) is 1. The quantitative estimate of drug-likeness (QED) is 0.175. The Morgan fingerprint density at radius 3 is 1.67 bits per heavy atom. The number of rotatable bonds is 5. The fourth-order valence-corrected chi connectivity index (χ4v) is 9.15. The second-order valence-electron chi connectivity index (χ2n) is 15.7. The molecule has 2 heteroatoms. The van der Waals surface area contributed by atoms with Crippen LogP contribution in [0.1, 0.15) is 25.0 Å². The van der Waals surface area contributed by atoms with Gasteiger partial charge in [0.2, 0.25) is 0 Å². The average molecular weight is 730 g/mol. The lowest BCUT2D eigenvalue weighted by molar-refractivity contribution is 0.493. The van der Waals surface area contributed by atoms with E-state index in [1.165, 1.54) is 49.9 Å². The standard InChI is InChI=1S/C55H39NO/c1-55(2)51-19-11-10-18-47(51)48-32-30-43(35-52(48)55)56(41-26-20-37(21-27-41)36-12-4-3-5-13-36)42-28-22-38(23-29-42)40-25-33-53-50(34-40)46-17-9-8-16-45(46)49-31-24-39-14-6-7-15-44(39)54(49)57-53/h3-35H,1-2H3. The highest BCUT2D eigenvalue weighted by Gasteiger charge is 2.35. The van der Waals surface area contributed by atoms with Crippen molar-refractivity contribution < 1.29 is 4.74 Å². The summed E-state index contributed by atoms with van der Waals surface area (Å²) in [5, 5.41) is 2.29. The third kappa shape index (κ3) is 5.40. The lowest BCUT2D eigenvalue weighted by atomic mass is 9.82. The summed E-state index contributed by atoms with van der Waals surface area (Å²) < 4.78 is 6.83. The Balaban J connectivity index is 0.998. The first-order valence-corrected chi connectivity index (χ1v) is 19.8. The summed E-state index contributed by atoms with van der Waals surface area (Å²) in [5.41, 5.74) is 17.9. The van der Waals surface area contributed by atoms with Gasteiger partial charge in [-0.2, -0.15) is 0 Å². The molecule has 2 nitrogen and oxygen atoms in total. The molecule has 1 heterocycles. The van der Waals surface area contributed by atoms with Crippen LogP contribution in [-0.2, 0) is 5.41 Å². The summed E-state index contributed by atoms with van der Waals surface area (Å²) in [5.74, 6) is 1.77. The van der Waals surface area contributed by atoms with Gasteiger partial charge in [-0.15, -0.1) is 0 Å². The smallest absolute Gasteiger partial charge is 0.143 e. The highest BCUT2D eigenvalue weighted by atomic mass is 16.5. The Bertz CT molecular complexity index is 3000. The van der Waals surface area contributed by atoms with E-state index in [9.17, 15) is 0 Å². The minimum absolute atomic E-state index is 0.100. The predicted molar refractivity (Wildman–Crippen MR) is 238 cm³/mol. The van der Waals surface area contributed by atoms with E-state index in [2.05, 4.69) is 219 Å². The molecule has 270 valence electrons. The first-order valence-electron chi connectivity index (χ1n) is 19.8. The average Bonchev–Trinajstić information content (AvgIpc) is 3.39. The SMILES string of the molecule is CC1(C)c2ccccc2-c2ccc(N(c3ccc(-c4ccccc4)cc3)c3ccc(-c4ccc5c(c4)-c4ccccc4-c4ccc6ccccc6c4O5)cc3)cc21. The highest BCUT2D eigenvalue weighted by Crippen LogP contribution is 2.52. The predicted octanol–water partition coefficient (Wildman–Crippen LogP) is 15.4. The van der Waals surface area contributed by atoms with Gasteiger partial charge in [-0.05, 0) is 116 Å². The van der Waals surface area contributed by atoms with Gasteiger partial charge < -0.3 is 9.64 Å². The maximum Gasteiger partial charge on any atom is 0.143 e. The summed E-state index contributed by atoms with van der Waals surface area (Å²) in [6.07, 6.45) is 0. The molecule has 1 aliphatic carbocycles. The molecule has 2 aliphatic rings. The maximum atomic E-state index is 6.83. The molecule has 0 fully saturated rings. The van der Waals surface area contributed by atoms with E-state index in [4.69, 9.17) is 4.74 Å².